The van der Waals surface area contributed by atoms with Crippen molar-refractivity contribution in [1.82, 2.24) is 0 Å². The van der Waals surface area contributed by atoms with Crippen LogP contribution in [-0.2, 0) is 18.9 Å². The molecule has 0 spiro atoms. The third kappa shape index (κ3) is 6.85. The van der Waals surface area contributed by atoms with Gasteiger partial charge < -0.3 is 24.1 Å². The van der Waals surface area contributed by atoms with Crippen molar-refractivity contribution in [2.75, 3.05) is 6.61 Å². The first-order chi connectivity index (χ1) is 18.2. The van der Waals surface area contributed by atoms with Crippen molar-refractivity contribution >= 4 is 17.9 Å². The summed E-state index contributed by atoms with van der Waals surface area (Å²) in [5.41, 5.74) is 3.91. The molecule has 1 aliphatic heterocycles. The number of aliphatic hydroxyl groups excluding tert-OH is 1. The van der Waals surface area contributed by atoms with Gasteiger partial charge in [-0.05, 0) is 57.2 Å². The highest BCUT2D eigenvalue weighted by Gasteiger charge is 2.43. The Bertz CT molecular complexity index is 1270. The lowest BCUT2D eigenvalue weighted by Gasteiger charge is -2.38. The van der Waals surface area contributed by atoms with Gasteiger partial charge in [0.2, 0.25) is 0 Å². The summed E-state index contributed by atoms with van der Waals surface area (Å²) in [7, 11) is 0. The number of benzene rings is 3. The van der Waals surface area contributed by atoms with Crippen LogP contribution in [0.2, 0.25) is 0 Å². The van der Waals surface area contributed by atoms with Gasteiger partial charge in [0.05, 0.1) is 22.8 Å². The van der Waals surface area contributed by atoms with Crippen LogP contribution in [0.15, 0.2) is 72.8 Å². The molecule has 1 fully saturated rings. The molecule has 0 saturated carbocycles. The fraction of sp³-hybridized carbons (Fsp3) is 0.300. The van der Waals surface area contributed by atoms with Gasteiger partial charge in [-0.15, -0.1) is 0 Å². The predicted octanol–water partition coefficient (Wildman–Crippen LogP) is 4.33. The lowest BCUT2D eigenvalue weighted by atomic mass is 10.0. The molecule has 8 heteroatoms. The summed E-state index contributed by atoms with van der Waals surface area (Å²) in [6.07, 6.45) is -4.73. The van der Waals surface area contributed by atoms with E-state index in [0.717, 1.165) is 16.7 Å². The number of esters is 3. The number of aliphatic hydroxyl groups is 1. The number of hydrogen-bond acceptors (Lipinski definition) is 8. The molecule has 1 N–H and O–H groups in total. The molecule has 1 aliphatic rings. The SMILES string of the molecule is Cc1ccc(C(=O)OC[C@@H]2C[C@@H](OC(=O)c3ccc(C)cc3)[C@@H](OC(=O)c3ccc(C)cc3)[C@H](O)O2)cc1. The third-order valence-corrected chi connectivity index (χ3v) is 6.24. The smallest absolute Gasteiger partial charge is 0.338 e. The molecule has 0 unspecified atom stereocenters. The Labute approximate surface area is 221 Å². The predicted molar refractivity (Wildman–Crippen MR) is 138 cm³/mol. The van der Waals surface area contributed by atoms with E-state index in [4.69, 9.17) is 18.9 Å². The highest BCUT2D eigenvalue weighted by atomic mass is 16.7. The summed E-state index contributed by atoms with van der Waals surface area (Å²) in [5, 5.41) is 10.8. The molecule has 0 aliphatic carbocycles. The molecule has 3 aromatic carbocycles. The molecule has 0 radical (unpaired) electrons. The third-order valence-electron chi connectivity index (χ3n) is 6.24. The zero-order chi connectivity index (χ0) is 27.2. The molecule has 0 amide bonds. The quantitative estimate of drug-likeness (QED) is 0.364. The minimum absolute atomic E-state index is 0.0294. The van der Waals surface area contributed by atoms with Gasteiger partial charge in [-0.1, -0.05) is 53.1 Å². The Morgan fingerprint density at radius 2 is 1.13 bits per heavy atom. The molecule has 1 saturated heterocycles. The molecule has 38 heavy (non-hydrogen) atoms. The largest absolute Gasteiger partial charge is 0.459 e. The molecule has 0 aromatic heterocycles. The van der Waals surface area contributed by atoms with Crippen molar-refractivity contribution < 1.29 is 38.4 Å². The van der Waals surface area contributed by atoms with E-state index in [9.17, 15) is 19.5 Å². The Kier molecular flexibility index (Phi) is 8.55. The number of carbonyl (C=O) groups is 3. The van der Waals surface area contributed by atoms with Gasteiger partial charge in [-0.2, -0.15) is 0 Å². The van der Waals surface area contributed by atoms with E-state index in [0.29, 0.717) is 11.1 Å². The molecule has 0 bridgehead atoms. The maximum Gasteiger partial charge on any atom is 0.338 e. The van der Waals surface area contributed by atoms with E-state index in [-0.39, 0.29) is 18.6 Å². The van der Waals surface area contributed by atoms with E-state index in [1.54, 1.807) is 72.8 Å². The lowest BCUT2D eigenvalue weighted by molar-refractivity contribution is -0.251. The monoisotopic (exact) mass is 518 g/mol. The van der Waals surface area contributed by atoms with Gasteiger partial charge >= 0.3 is 17.9 Å². The van der Waals surface area contributed by atoms with Crippen LogP contribution in [-0.4, -0.2) is 54.2 Å². The van der Waals surface area contributed by atoms with Crippen LogP contribution < -0.4 is 0 Å². The van der Waals surface area contributed by atoms with E-state index < -0.39 is 42.5 Å². The number of hydrogen-bond donors (Lipinski definition) is 1. The highest BCUT2D eigenvalue weighted by molar-refractivity contribution is 5.91. The van der Waals surface area contributed by atoms with Crippen LogP contribution >= 0.6 is 0 Å². The molecular formula is C30H30O8. The Morgan fingerprint density at radius 3 is 1.61 bits per heavy atom. The van der Waals surface area contributed by atoms with Crippen LogP contribution in [0.4, 0.5) is 0 Å². The highest BCUT2D eigenvalue weighted by Crippen LogP contribution is 2.27. The first kappa shape index (κ1) is 27.0. The van der Waals surface area contributed by atoms with Gasteiger partial charge in [-0.25, -0.2) is 14.4 Å². The molecule has 1 heterocycles. The van der Waals surface area contributed by atoms with Crippen molar-refractivity contribution in [3.05, 3.63) is 106 Å². The van der Waals surface area contributed by atoms with E-state index >= 15 is 0 Å². The number of aryl methyl sites for hydroxylation is 3. The van der Waals surface area contributed by atoms with Crippen LogP contribution in [0.25, 0.3) is 0 Å². The molecule has 3 aromatic rings. The zero-order valence-electron chi connectivity index (χ0n) is 21.5. The average Bonchev–Trinajstić information content (AvgIpc) is 2.90. The topological polar surface area (TPSA) is 108 Å². The molecular weight excluding hydrogens is 488 g/mol. The summed E-state index contributed by atoms with van der Waals surface area (Å²) in [6, 6.07) is 20.4. The van der Waals surface area contributed by atoms with Crippen molar-refractivity contribution in [2.45, 2.75) is 51.8 Å². The van der Waals surface area contributed by atoms with Crippen molar-refractivity contribution in [2.24, 2.45) is 0 Å². The standard InChI is InChI=1S/C30H30O8/c1-18-4-10-21(11-5-18)27(31)35-17-24-16-25(37-28(32)22-12-6-19(2)7-13-22)26(30(34)36-24)38-29(33)23-14-8-20(3)9-15-23/h4-15,24-26,30,34H,16-17H2,1-3H3/t24-,25+,26+,30+/m0/s1. The fourth-order valence-corrected chi connectivity index (χ4v) is 3.98. The minimum atomic E-state index is -1.61. The maximum absolute atomic E-state index is 12.9. The number of carbonyl (C=O) groups excluding carboxylic acids is 3. The number of rotatable bonds is 7. The summed E-state index contributed by atoms with van der Waals surface area (Å²) >= 11 is 0. The van der Waals surface area contributed by atoms with E-state index in [1.165, 1.54) is 0 Å². The Hall–Kier alpha value is -4.01. The molecule has 4 atom stereocenters. The second kappa shape index (κ2) is 12.0. The van der Waals surface area contributed by atoms with Crippen molar-refractivity contribution in [1.29, 1.82) is 0 Å². The van der Waals surface area contributed by atoms with E-state index in [1.807, 2.05) is 20.8 Å². The molecule has 4 rings (SSSR count). The first-order valence-corrected chi connectivity index (χ1v) is 12.3. The van der Waals surface area contributed by atoms with Gasteiger partial charge in [0, 0.05) is 6.42 Å². The van der Waals surface area contributed by atoms with Crippen molar-refractivity contribution in [3.8, 4) is 0 Å². The van der Waals surface area contributed by atoms with Gasteiger partial charge in [0.15, 0.2) is 12.4 Å². The summed E-state index contributed by atoms with van der Waals surface area (Å²) in [6.45, 7) is 5.50. The average molecular weight is 519 g/mol. The van der Waals surface area contributed by atoms with Crippen LogP contribution in [0.5, 0.6) is 0 Å². The van der Waals surface area contributed by atoms with Crippen LogP contribution in [0, 0.1) is 20.8 Å². The lowest BCUT2D eigenvalue weighted by Crippen LogP contribution is -2.53. The second-order valence-corrected chi connectivity index (χ2v) is 9.39. The fourth-order valence-electron chi connectivity index (χ4n) is 3.98. The van der Waals surface area contributed by atoms with Crippen LogP contribution in [0.1, 0.15) is 54.2 Å². The summed E-state index contributed by atoms with van der Waals surface area (Å²) in [4.78, 5) is 38.1. The normalized spacial score (nSPS) is 20.8. The summed E-state index contributed by atoms with van der Waals surface area (Å²) in [5.74, 6) is -1.89. The minimum Gasteiger partial charge on any atom is -0.459 e. The molecule has 198 valence electrons. The number of ether oxygens (including phenoxy) is 4. The van der Waals surface area contributed by atoms with Gasteiger partial charge in [0.1, 0.15) is 12.7 Å². The maximum atomic E-state index is 12.9. The molecule has 8 nitrogen and oxygen atoms in total. The summed E-state index contributed by atoms with van der Waals surface area (Å²) < 4.78 is 22.2. The van der Waals surface area contributed by atoms with E-state index in [2.05, 4.69) is 0 Å². The van der Waals surface area contributed by atoms with Gasteiger partial charge in [-0.3, -0.25) is 0 Å². The Balaban J connectivity index is 1.47. The van der Waals surface area contributed by atoms with Gasteiger partial charge in [0.25, 0.3) is 0 Å². The zero-order valence-corrected chi connectivity index (χ0v) is 21.5. The second-order valence-electron chi connectivity index (χ2n) is 9.39. The van der Waals surface area contributed by atoms with Crippen molar-refractivity contribution in [3.63, 3.8) is 0 Å². The first-order valence-electron chi connectivity index (χ1n) is 12.3. The Morgan fingerprint density at radius 1 is 0.711 bits per heavy atom. The van der Waals surface area contributed by atoms with Crippen LogP contribution in [0.3, 0.4) is 0 Å².